The number of fused-ring (bicyclic) bond motifs is 2. The van der Waals surface area contributed by atoms with E-state index in [0.717, 1.165) is 82.9 Å². The summed E-state index contributed by atoms with van der Waals surface area (Å²) in [5, 5.41) is 4.80. The molecule has 0 aliphatic rings. The van der Waals surface area contributed by atoms with Crippen molar-refractivity contribution in [1.82, 2.24) is 0 Å². The van der Waals surface area contributed by atoms with Crippen LogP contribution in [-0.4, -0.2) is 31.9 Å². The van der Waals surface area contributed by atoms with Crippen molar-refractivity contribution >= 4 is 81.0 Å². The number of para-hydroxylation sites is 1. The van der Waals surface area contributed by atoms with Crippen LogP contribution in [0.4, 0.5) is 34.1 Å². The Morgan fingerprint density at radius 1 is 0.525 bits per heavy atom. The molecule has 1 atom stereocenters. The minimum atomic E-state index is -2.01. The van der Waals surface area contributed by atoms with Gasteiger partial charge >= 0.3 is 0 Å². The molecule has 0 N–H and O–H groups in total. The first-order valence-corrected chi connectivity index (χ1v) is 29.1. The Morgan fingerprint density at radius 2 is 1.00 bits per heavy atom. The predicted molar refractivity (Wildman–Crippen MR) is 257 cm³/mol. The van der Waals surface area contributed by atoms with Crippen LogP contribution in [0.2, 0.25) is 43.4 Å². The van der Waals surface area contributed by atoms with Gasteiger partial charge in [0.05, 0.1) is 18.0 Å². The zero-order valence-electron chi connectivity index (χ0n) is 35.4. The van der Waals surface area contributed by atoms with Crippen LogP contribution in [-0.2, 0) is 8.58 Å². The molecular formula is C51H58N2O3Si3. The molecule has 302 valence electrons. The summed E-state index contributed by atoms with van der Waals surface area (Å²) in [5.74, 6) is 0.872. The standard InChI is InChI=1S/C51H58N2O3Si3/c1-6-57(54)40-59(7-2,56-58(3,4)5)39-17-9-16-38-55-47-36-34-46(35-37-47)53(51-29-19-23-42-21-13-15-27-49(42)51)45-32-30-44(31-33-45)52(43-24-10-8-11-25-43)50-28-18-22-41-20-12-14-26-48(41)50/h8,10-15,18-37H,6-7,9,16-17,38-40H2,1-5H3. The quantitative estimate of drug-likeness (QED) is 0.0600. The van der Waals surface area contributed by atoms with E-state index in [1.807, 2.05) is 0 Å². The maximum atomic E-state index is 12.8. The highest BCUT2D eigenvalue weighted by Gasteiger charge is 2.39. The van der Waals surface area contributed by atoms with Crippen molar-refractivity contribution in [2.24, 2.45) is 0 Å². The van der Waals surface area contributed by atoms with E-state index in [2.05, 4.69) is 207 Å². The smallest absolute Gasteiger partial charge is 0.275 e. The number of anilines is 6. The van der Waals surface area contributed by atoms with E-state index in [9.17, 15) is 4.46 Å². The average molecular weight is 831 g/mol. The van der Waals surface area contributed by atoms with Crippen LogP contribution in [0, 0.1) is 0 Å². The van der Waals surface area contributed by atoms with Gasteiger partial charge in [0.2, 0.25) is 0 Å². The average Bonchev–Trinajstić information content (AvgIpc) is 3.26. The third kappa shape index (κ3) is 10.4. The summed E-state index contributed by atoms with van der Waals surface area (Å²) in [6, 6.07) is 61.2. The van der Waals surface area contributed by atoms with Gasteiger partial charge in [0, 0.05) is 39.2 Å². The van der Waals surface area contributed by atoms with Crippen molar-refractivity contribution in [1.29, 1.82) is 0 Å². The normalized spacial score (nSPS) is 12.6. The van der Waals surface area contributed by atoms with Gasteiger partial charge in [-0.15, -0.1) is 0 Å². The predicted octanol–water partition coefficient (Wildman–Crippen LogP) is 15.3. The Morgan fingerprint density at radius 3 is 1.51 bits per heavy atom. The van der Waals surface area contributed by atoms with Gasteiger partial charge in [-0.1, -0.05) is 118 Å². The SMILES string of the molecule is CC[Si](=O)C[Si](CC)(CCCCCOc1ccc(N(c2ccc(N(c3ccccc3)c3cccc4ccccc34)cc2)c2cccc3ccccc23)cc1)O[Si](C)(C)C. The summed E-state index contributed by atoms with van der Waals surface area (Å²) < 4.78 is 25.9. The number of unbranched alkanes of at least 4 members (excludes halogenated alkanes) is 2. The van der Waals surface area contributed by atoms with E-state index < -0.39 is 25.3 Å². The monoisotopic (exact) mass is 830 g/mol. The Bertz CT molecular complexity index is 2440. The van der Waals surface area contributed by atoms with Gasteiger partial charge in [0.15, 0.2) is 16.6 Å². The lowest BCUT2D eigenvalue weighted by atomic mass is 10.1. The lowest BCUT2D eigenvalue weighted by Gasteiger charge is -2.36. The number of ether oxygens (including phenoxy) is 1. The molecule has 0 bridgehead atoms. The molecule has 7 aromatic carbocycles. The number of hydrogen-bond donors (Lipinski definition) is 0. The van der Waals surface area contributed by atoms with Crippen molar-refractivity contribution in [3.8, 4) is 5.75 Å². The summed E-state index contributed by atoms with van der Waals surface area (Å²) >= 11 is 0. The van der Waals surface area contributed by atoms with E-state index in [1.54, 1.807) is 0 Å². The summed E-state index contributed by atoms with van der Waals surface area (Å²) in [7, 11) is -5.28. The van der Waals surface area contributed by atoms with Crippen LogP contribution in [0.25, 0.3) is 21.5 Å². The minimum absolute atomic E-state index is 0.670. The highest BCUT2D eigenvalue weighted by Crippen LogP contribution is 2.43. The molecule has 0 spiro atoms. The third-order valence-corrected chi connectivity index (χ3v) is 22.8. The van der Waals surface area contributed by atoms with Gasteiger partial charge in [0.25, 0.3) is 8.68 Å². The van der Waals surface area contributed by atoms with Gasteiger partial charge in [-0.25, -0.2) is 0 Å². The molecule has 8 heteroatoms. The molecule has 59 heavy (non-hydrogen) atoms. The van der Waals surface area contributed by atoms with Crippen molar-refractivity contribution in [2.75, 3.05) is 16.4 Å². The fourth-order valence-corrected chi connectivity index (χ4v) is 22.2. The first kappa shape index (κ1) is 42.0. The summed E-state index contributed by atoms with van der Waals surface area (Å²) in [6.45, 7) is 11.8. The van der Waals surface area contributed by atoms with E-state index in [1.165, 1.54) is 21.5 Å². The van der Waals surface area contributed by atoms with Crippen molar-refractivity contribution in [3.05, 3.63) is 164 Å². The second-order valence-corrected chi connectivity index (χ2v) is 28.3. The molecule has 7 aromatic rings. The van der Waals surface area contributed by atoms with Crippen LogP contribution in [0.15, 0.2) is 164 Å². The molecule has 0 saturated heterocycles. The Balaban J connectivity index is 1.11. The van der Waals surface area contributed by atoms with Crippen molar-refractivity contribution < 1.29 is 13.3 Å². The van der Waals surface area contributed by atoms with Crippen LogP contribution in [0.3, 0.4) is 0 Å². The largest absolute Gasteiger partial charge is 0.494 e. The second kappa shape index (κ2) is 19.3. The highest BCUT2D eigenvalue weighted by molar-refractivity contribution is 6.89. The molecule has 0 aliphatic heterocycles. The number of benzene rings is 7. The van der Waals surface area contributed by atoms with Gasteiger partial charge in [-0.3, -0.25) is 0 Å². The van der Waals surface area contributed by atoms with E-state index in [4.69, 9.17) is 8.85 Å². The lowest BCUT2D eigenvalue weighted by Crippen LogP contribution is -2.48. The van der Waals surface area contributed by atoms with E-state index >= 15 is 0 Å². The van der Waals surface area contributed by atoms with Gasteiger partial charge in [-0.2, -0.15) is 0 Å². The van der Waals surface area contributed by atoms with Crippen molar-refractivity contribution in [2.45, 2.75) is 76.6 Å². The van der Waals surface area contributed by atoms with Gasteiger partial charge in [0.1, 0.15) is 5.75 Å². The van der Waals surface area contributed by atoms with Gasteiger partial charge in [-0.05, 0) is 128 Å². The fourth-order valence-electron chi connectivity index (χ4n) is 8.28. The minimum Gasteiger partial charge on any atom is -0.494 e. The maximum absolute atomic E-state index is 12.8. The summed E-state index contributed by atoms with van der Waals surface area (Å²) in [6.07, 6.45) is 3.18. The molecule has 0 amide bonds. The topological polar surface area (TPSA) is 42.0 Å². The van der Waals surface area contributed by atoms with E-state index in [-0.39, 0.29) is 0 Å². The molecule has 5 nitrogen and oxygen atoms in total. The molecule has 1 unspecified atom stereocenters. The molecule has 7 rings (SSSR count). The second-order valence-electron chi connectivity index (χ2n) is 16.5. The third-order valence-electron chi connectivity index (χ3n) is 11.1. The lowest BCUT2D eigenvalue weighted by molar-refractivity contribution is 0.306. The molecule has 0 aliphatic carbocycles. The number of hydrogen-bond acceptors (Lipinski definition) is 5. The molecule has 0 saturated carbocycles. The molecule has 0 radical (unpaired) electrons. The first-order valence-electron chi connectivity index (χ1n) is 21.3. The van der Waals surface area contributed by atoms with E-state index in [0.29, 0.717) is 6.61 Å². The fraction of sp³-hybridized carbons (Fsp3) is 0.255. The van der Waals surface area contributed by atoms with Crippen LogP contribution in [0.5, 0.6) is 5.75 Å². The first-order chi connectivity index (χ1) is 28.7. The van der Waals surface area contributed by atoms with Crippen LogP contribution >= 0.6 is 0 Å². The van der Waals surface area contributed by atoms with Crippen molar-refractivity contribution in [3.63, 3.8) is 0 Å². The van der Waals surface area contributed by atoms with Crippen LogP contribution < -0.4 is 14.5 Å². The highest BCUT2D eigenvalue weighted by atomic mass is 28.4. The number of rotatable bonds is 19. The maximum Gasteiger partial charge on any atom is 0.275 e. The summed E-state index contributed by atoms with van der Waals surface area (Å²) in [4.78, 5) is 4.69. The summed E-state index contributed by atoms with van der Waals surface area (Å²) in [5.41, 5.74) is 7.42. The zero-order valence-corrected chi connectivity index (χ0v) is 38.4. The number of nitrogens with zero attached hydrogens (tertiary/aromatic N) is 2. The zero-order chi connectivity index (χ0) is 41.2. The molecular weight excluding hydrogens is 773 g/mol. The Labute approximate surface area is 355 Å². The Hall–Kier alpha value is -5.13. The molecule has 0 aromatic heterocycles. The van der Waals surface area contributed by atoms with Crippen LogP contribution in [0.1, 0.15) is 33.1 Å². The Kier molecular flexibility index (Phi) is 13.7. The molecule has 0 heterocycles. The molecule has 0 fully saturated rings. The van der Waals surface area contributed by atoms with Gasteiger partial charge < -0.3 is 23.1 Å².